The summed E-state index contributed by atoms with van der Waals surface area (Å²) in [6.07, 6.45) is 0. The summed E-state index contributed by atoms with van der Waals surface area (Å²) in [5.74, 6) is 1.21. The maximum atomic E-state index is 11.4. The fourth-order valence-corrected chi connectivity index (χ4v) is 1.66. The predicted molar refractivity (Wildman–Crippen MR) is 76.0 cm³/mol. The van der Waals surface area contributed by atoms with Crippen LogP contribution >= 0.6 is 11.6 Å². The van der Waals surface area contributed by atoms with Crippen molar-refractivity contribution >= 4 is 23.3 Å². The van der Waals surface area contributed by atoms with E-state index in [1.165, 1.54) is 7.05 Å². The van der Waals surface area contributed by atoms with Crippen LogP contribution in [0.25, 0.3) is 0 Å². The average Bonchev–Trinajstić information content (AvgIpc) is 2.43. The van der Waals surface area contributed by atoms with Gasteiger partial charge in [0.15, 0.2) is 5.75 Å². The molecule has 0 atom stereocenters. The molecule has 0 saturated heterocycles. The third kappa shape index (κ3) is 3.63. The van der Waals surface area contributed by atoms with Crippen molar-refractivity contribution in [2.45, 2.75) is 0 Å². The summed E-state index contributed by atoms with van der Waals surface area (Å²) in [5, 5.41) is 5.66. The molecule has 2 aromatic carbocycles. The highest BCUT2D eigenvalue weighted by Crippen LogP contribution is 2.31. The lowest BCUT2D eigenvalue weighted by Gasteiger charge is -2.12. The van der Waals surface area contributed by atoms with Crippen molar-refractivity contribution in [3.63, 3.8) is 0 Å². The Labute approximate surface area is 116 Å². The Morgan fingerprint density at radius 1 is 1.16 bits per heavy atom. The molecule has 0 aliphatic heterocycles. The van der Waals surface area contributed by atoms with Crippen LogP contribution < -0.4 is 15.4 Å². The Hall–Kier alpha value is -2.20. The van der Waals surface area contributed by atoms with Crippen molar-refractivity contribution in [1.29, 1.82) is 0 Å². The van der Waals surface area contributed by atoms with Crippen LogP contribution in [-0.2, 0) is 0 Å². The second-order valence-electron chi connectivity index (χ2n) is 3.76. The monoisotopic (exact) mass is 276 g/mol. The molecule has 0 bridgehead atoms. The van der Waals surface area contributed by atoms with Gasteiger partial charge in [-0.15, -0.1) is 0 Å². The molecule has 4 nitrogen and oxygen atoms in total. The maximum Gasteiger partial charge on any atom is 0.319 e. The van der Waals surface area contributed by atoms with E-state index in [1.54, 1.807) is 18.2 Å². The SMILES string of the molecule is CNC(=O)Nc1cc(Cl)ccc1Oc1ccccc1. The third-order valence-corrected chi connectivity index (χ3v) is 2.62. The number of nitrogens with one attached hydrogen (secondary N) is 2. The van der Waals surface area contributed by atoms with Crippen LogP contribution in [0.4, 0.5) is 10.5 Å². The van der Waals surface area contributed by atoms with Crippen molar-refractivity contribution in [2.75, 3.05) is 12.4 Å². The molecule has 0 aromatic heterocycles. The van der Waals surface area contributed by atoms with Crippen LogP contribution in [0.1, 0.15) is 0 Å². The highest BCUT2D eigenvalue weighted by molar-refractivity contribution is 6.31. The van der Waals surface area contributed by atoms with E-state index in [-0.39, 0.29) is 6.03 Å². The van der Waals surface area contributed by atoms with Crippen LogP contribution in [0, 0.1) is 0 Å². The summed E-state index contributed by atoms with van der Waals surface area (Å²) in [6, 6.07) is 14.0. The third-order valence-electron chi connectivity index (χ3n) is 2.39. The van der Waals surface area contributed by atoms with E-state index < -0.39 is 0 Å². The number of carbonyl (C=O) groups excluding carboxylic acids is 1. The number of hydrogen-bond acceptors (Lipinski definition) is 2. The molecule has 0 aliphatic rings. The van der Waals surface area contributed by atoms with E-state index in [0.717, 1.165) is 0 Å². The fourth-order valence-electron chi connectivity index (χ4n) is 1.49. The number of amides is 2. The van der Waals surface area contributed by atoms with Crippen molar-refractivity contribution in [3.8, 4) is 11.5 Å². The highest BCUT2D eigenvalue weighted by atomic mass is 35.5. The van der Waals surface area contributed by atoms with Gasteiger partial charge >= 0.3 is 6.03 Å². The number of carbonyl (C=O) groups is 1. The first kappa shape index (κ1) is 13.2. The number of hydrogen-bond donors (Lipinski definition) is 2. The minimum Gasteiger partial charge on any atom is -0.455 e. The molecule has 0 unspecified atom stereocenters. The molecule has 5 heteroatoms. The normalized spacial score (nSPS) is 9.79. The van der Waals surface area contributed by atoms with Gasteiger partial charge in [0.2, 0.25) is 0 Å². The summed E-state index contributed by atoms with van der Waals surface area (Å²) in [5.41, 5.74) is 0.510. The average molecular weight is 277 g/mol. The summed E-state index contributed by atoms with van der Waals surface area (Å²) in [7, 11) is 1.54. The molecular formula is C14H13ClN2O2. The topological polar surface area (TPSA) is 50.4 Å². The Kier molecular flexibility index (Phi) is 4.26. The molecule has 0 heterocycles. The van der Waals surface area contributed by atoms with Crippen LogP contribution in [0.3, 0.4) is 0 Å². The van der Waals surface area contributed by atoms with Crippen LogP contribution in [0.15, 0.2) is 48.5 Å². The second-order valence-corrected chi connectivity index (χ2v) is 4.20. The van der Waals surface area contributed by atoms with Gasteiger partial charge in [0.05, 0.1) is 5.69 Å². The van der Waals surface area contributed by atoms with Crippen LogP contribution in [0.2, 0.25) is 5.02 Å². The van der Waals surface area contributed by atoms with Crippen molar-refractivity contribution in [2.24, 2.45) is 0 Å². The molecule has 2 amide bonds. The summed E-state index contributed by atoms with van der Waals surface area (Å²) in [4.78, 5) is 11.4. The number of para-hydroxylation sites is 1. The molecule has 0 spiro atoms. The first-order valence-corrected chi connectivity index (χ1v) is 6.08. The van der Waals surface area contributed by atoms with Crippen LogP contribution in [-0.4, -0.2) is 13.1 Å². The number of rotatable bonds is 3. The van der Waals surface area contributed by atoms with Gasteiger partial charge in [-0.05, 0) is 30.3 Å². The highest BCUT2D eigenvalue weighted by Gasteiger charge is 2.08. The van der Waals surface area contributed by atoms with Gasteiger partial charge in [0.25, 0.3) is 0 Å². The van der Waals surface area contributed by atoms with Gasteiger partial charge < -0.3 is 15.4 Å². The zero-order chi connectivity index (χ0) is 13.7. The van der Waals surface area contributed by atoms with Gasteiger partial charge in [-0.3, -0.25) is 0 Å². The number of benzene rings is 2. The fraction of sp³-hybridized carbons (Fsp3) is 0.0714. The lowest BCUT2D eigenvalue weighted by atomic mass is 10.3. The Morgan fingerprint density at radius 3 is 2.58 bits per heavy atom. The molecule has 98 valence electrons. The number of urea groups is 1. The van der Waals surface area contributed by atoms with E-state index in [4.69, 9.17) is 16.3 Å². The molecule has 0 saturated carbocycles. The van der Waals surface area contributed by atoms with E-state index in [2.05, 4.69) is 10.6 Å². The minimum absolute atomic E-state index is 0.333. The predicted octanol–water partition coefficient (Wildman–Crippen LogP) is 3.88. The molecule has 2 N–H and O–H groups in total. The van der Waals surface area contributed by atoms with Gasteiger partial charge in [0.1, 0.15) is 5.75 Å². The minimum atomic E-state index is -0.333. The zero-order valence-electron chi connectivity index (χ0n) is 10.3. The standard InChI is InChI=1S/C14H13ClN2O2/c1-16-14(18)17-12-9-10(15)7-8-13(12)19-11-5-3-2-4-6-11/h2-9H,1H3,(H2,16,17,18). The molecule has 0 aliphatic carbocycles. The second kappa shape index (κ2) is 6.11. The largest absolute Gasteiger partial charge is 0.455 e. The Morgan fingerprint density at radius 2 is 1.89 bits per heavy atom. The van der Waals surface area contributed by atoms with E-state index in [1.807, 2.05) is 30.3 Å². The van der Waals surface area contributed by atoms with Crippen LogP contribution in [0.5, 0.6) is 11.5 Å². The molecule has 2 rings (SSSR count). The Bertz CT molecular complexity index is 573. The van der Waals surface area contributed by atoms with Gasteiger partial charge in [-0.25, -0.2) is 4.79 Å². The van der Waals surface area contributed by atoms with E-state index in [9.17, 15) is 4.79 Å². The summed E-state index contributed by atoms with van der Waals surface area (Å²) in [6.45, 7) is 0. The summed E-state index contributed by atoms with van der Waals surface area (Å²) >= 11 is 5.92. The Balaban J connectivity index is 2.26. The van der Waals surface area contributed by atoms with Crippen molar-refractivity contribution in [3.05, 3.63) is 53.6 Å². The first-order chi connectivity index (χ1) is 9.19. The molecule has 0 fully saturated rings. The first-order valence-electron chi connectivity index (χ1n) is 5.70. The smallest absolute Gasteiger partial charge is 0.319 e. The van der Waals surface area contributed by atoms with E-state index >= 15 is 0 Å². The maximum absolute atomic E-state index is 11.4. The summed E-state index contributed by atoms with van der Waals surface area (Å²) < 4.78 is 5.71. The quantitative estimate of drug-likeness (QED) is 0.894. The number of halogens is 1. The van der Waals surface area contributed by atoms with Crippen molar-refractivity contribution < 1.29 is 9.53 Å². The molecule has 0 radical (unpaired) electrons. The zero-order valence-corrected chi connectivity index (χ0v) is 11.1. The number of anilines is 1. The lowest BCUT2D eigenvalue weighted by Crippen LogP contribution is -2.24. The van der Waals surface area contributed by atoms with Gasteiger partial charge in [-0.1, -0.05) is 29.8 Å². The van der Waals surface area contributed by atoms with Gasteiger partial charge in [-0.2, -0.15) is 0 Å². The van der Waals surface area contributed by atoms with Gasteiger partial charge in [0, 0.05) is 12.1 Å². The lowest BCUT2D eigenvalue weighted by molar-refractivity contribution is 0.254. The van der Waals surface area contributed by atoms with E-state index in [0.29, 0.717) is 22.2 Å². The van der Waals surface area contributed by atoms with Crippen molar-refractivity contribution in [1.82, 2.24) is 5.32 Å². The number of ether oxygens (including phenoxy) is 1. The molecule has 19 heavy (non-hydrogen) atoms. The molecule has 2 aromatic rings. The molecular weight excluding hydrogens is 264 g/mol.